The minimum atomic E-state index is -0.833. The average molecular weight is 370 g/mol. The molecule has 3 N–H and O–H groups in total. The number of hydrogen-bond donors (Lipinski definition) is 3. The maximum absolute atomic E-state index is 9.00. The molecule has 0 unspecified atom stereocenters. The molecule has 6 heteroatoms. The summed E-state index contributed by atoms with van der Waals surface area (Å²) in [7, 11) is 0. The van der Waals surface area contributed by atoms with Crippen LogP contribution in [0, 0.1) is 0 Å². The molecule has 6 nitrogen and oxygen atoms in total. The van der Waals surface area contributed by atoms with E-state index in [1.54, 1.807) is 0 Å². The van der Waals surface area contributed by atoms with Gasteiger partial charge < -0.3 is 15.1 Å². The molecule has 3 aromatic rings. The standard InChI is InChI=1S/C20H14N4.C2H4O2/c1-2-14-10-16-5-6-18(23-16)12-20-8-7-19(24-20)11-17-4-3-15(22-17)9-13(1)21-14;1-2(3)4/h1-12,21-22H;1H3,(H,3,4). The number of carbonyl (C=O) groups is 1. The van der Waals surface area contributed by atoms with E-state index in [0.29, 0.717) is 0 Å². The normalized spacial score (nSPS) is 11.8. The number of hydrogen-bond acceptors (Lipinski definition) is 3. The molecule has 5 heterocycles. The van der Waals surface area contributed by atoms with E-state index in [9.17, 15) is 0 Å². The van der Waals surface area contributed by atoms with Gasteiger partial charge in [-0.3, -0.25) is 4.79 Å². The summed E-state index contributed by atoms with van der Waals surface area (Å²) in [6.07, 6.45) is 8.05. The fraction of sp³-hybridized carbons (Fsp3) is 0.0455. The number of rotatable bonds is 0. The number of aliphatic carboxylic acids is 1. The van der Waals surface area contributed by atoms with Crippen LogP contribution in [0.1, 0.15) is 29.7 Å². The Labute approximate surface area is 160 Å². The highest BCUT2D eigenvalue weighted by Crippen LogP contribution is 2.17. The summed E-state index contributed by atoms with van der Waals surface area (Å²) in [5, 5.41) is 7.42. The average Bonchev–Trinajstić information content (AvgIpc) is 3.39. The third-order valence-electron chi connectivity index (χ3n) is 4.04. The van der Waals surface area contributed by atoms with Crippen LogP contribution in [-0.2, 0) is 4.79 Å². The maximum Gasteiger partial charge on any atom is 0.300 e. The van der Waals surface area contributed by atoms with Gasteiger partial charge in [0.1, 0.15) is 0 Å². The largest absolute Gasteiger partial charge is 0.481 e. The Bertz CT molecular complexity index is 1170. The lowest BCUT2D eigenvalue weighted by atomic mass is 10.3. The van der Waals surface area contributed by atoms with Crippen LogP contribution in [0.2, 0.25) is 0 Å². The lowest BCUT2D eigenvalue weighted by Gasteiger charge is -1.86. The molecule has 5 rings (SSSR count). The van der Waals surface area contributed by atoms with E-state index in [-0.39, 0.29) is 0 Å². The number of carboxylic acid groups (broad SMARTS) is 1. The van der Waals surface area contributed by atoms with Crippen molar-refractivity contribution in [1.82, 2.24) is 19.9 Å². The van der Waals surface area contributed by atoms with Gasteiger partial charge in [-0.15, -0.1) is 0 Å². The van der Waals surface area contributed by atoms with E-state index in [1.165, 1.54) is 0 Å². The molecule has 0 atom stereocenters. The van der Waals surface area contributed by atoms with Gasteiger partial charge in [-0.25, -0.2) is 9.97 Å². The predicted molar refractivity (Wildman–Crippen MR) is 112 cm³/mol. The number of nitrogens with zero attached hydrogens (tertiary/aromatic N) is 2. The second kappa shape index (κ2) is 7.36. The second-order valence-corrected chi connectivity index (χ2v) is 6.42. The first-order valence-electron chi connectivity index (χ1n) is 8.77. The van der Waals surface area contributed by atoms with Gasteiger partial charge in [-0.2, -0.15) is 0 Å². The van der Waals surface area contributed by atoms with Gasteiger partial charge in [0.05, 0.1) is 22.8 Å². The van der Waals surface area contributed by atoms with E-state index in [4.69, 9.17) is 9.90 Å². The van der Waals surface area contributed by atoms with Crippen LogP contribution in [-0.4, -0.2) is 31.0 Å². The highest BCUT2D eigenvalue weighted by atomic mass is 16.4. The summed E-state index contributed by atoms with van der Waals surface area (Å²) in [6.45, 7) is 1.08. The van der Waals surface area contributed by atoms with Crippen LogP contribution in [0.4, 0.5) is 0 Å². The fourth-order valence-corrected chi connectivity index (χ4v) is 2.94. The van der Waals surface area contributed by atoms with Gasteiger partial charge in [0.25, 0.3) is 5.97 Å². The van der Waals surface area contributed by atoms with Crippen LogP contribution in [0.5, 0.6) is 0 Å². The zero-order valence-electron chi connectivity index (χ0n) is 15.2. The van der Waals surface area contributed by atoms with Crippen LogP contribution < -0.4 is 0 Å². The monoisotopic (exact) mass is 370 g/mol. The predicted octanol–water partition coefficient (Wildman–Crippen LogP) is 4.75. The zero-order chi connectivity index (χ0) is 19.5. The lowest BCUT2D eigenvalue weighted by Crippen LogP contribution is -1.78. The highest BCUT2D eigenvalue weighted by Gasteiger charge is 2.02. The smallest absolute Gasteiger partial charge is 0.300 e. The van der Waals surface area contributed by atoms with E-state index < -0.39 is 5.97 Å². The van der Waals surface area contributed by atoms with Gasteiger partial charge in [-0.05, 0) is 72.8 Å². The van der Waals surface area contributed by atoms with Crippen molar-refractivity contribution in [3.05, 3.63) is 71.3 Å². The first-order chi connectivity index (χ1) is 13.5. The third-order valence-corrected chi connectivity index (χ3v) is 4.04. The van der Waals surface area contributed by atoms with E-state index in [0.717, 1.165) is 51.8 Å². The molecule has 2 aliphatic rings. The summed E-state index contributed by atoms with van der Waals surface area (Å²) in [4.78, 5) is 25.0. The summed E-state index contributed by atoms with van der Waals surface area (Å²) in [6, 6.07) is 16.4. The van der Waals surface area contributed by atoms with Crippen LogP contribution >= 0.6 is 0 Å². The minimum Gasteiger partial charge on any atom is -0.481 e. The molecule has 0 fully saturated rings. The molecule has 0 aromatic carbocycles. The molecule has 0 aliphatic carbocycles. The number of aromatic nitrogens is 4. The number of carboxylic acids is 1. The molecule has 0 amide bonds. The van der Waals surface area contributed by atoms with Crippen LogP contribution in [0.3, 0.4) is 0 Å². The van der Waals surface area contributed by atoms with Crippen molar-refractivity contribution in [3.8, 4) is 0 Å². The number of aromatic amines is 2. The Morgan fingerprint density at radius 1 is 0.679 bits per heavy atom. The number of fused-ring (bicyclic) bond motifs is 8. The molecule has 2 aliphatic heterocycles. The van der Waals surface area contributed by atoms with Gasteiger partial charge in [-0.1, -0.05) is 0 Å². The number of H-pyrrole nitrogens is 2. The lowest BCUT2D eigenvalue weighted by molar-refractivity contribution is -0.134. The first kappa shape index (κ1) is 17.5. The molecular weight excluding hydrogens is 352 g/mol. The Hall–Kier alpha value is -3.93. The molecule has 0 radical (unpaired) electrons. The molecule has 0 saturated heterocycles. The van der Waals surface area contributed by atoms with Crippen molar-refractivity contribution in [2.45, 2.75) is 6.92 Å². The molecular formula is C22H18N4O2. The Morgan fingerprint density at radius 3 is 1.39 bits per heavy atom. The third kappa shape index (κ3) is 4.24. The van der Waals surface area contributed by atoms with Gasteiger partial charge >= 0.3 is 0 Å². The highest BCUT2D eigenvalue weighted by molar-refractivity contribution is 5.77. The molecule has 28 heavy (non-hydrogen) atoms. The summed E-state index contributed by atoms with van der Waals surface area (Å²) < 4.78 is 0. The molecule has 8 bridgehead atoms. The molecule has 0 spiro atoms. The Balaban J connectivity index is 0.000000442. The summed E-state index contributed by atoms with van der Waals surface area (Å²) in [5.41, 5.74) is 7.86. The summed E-state index contributed by atoms with van der Waals surface area (Å²) in [5.74, 6) is -0.833. The quantitative estimate of drug-likeness (QED) is 0.367. The zero-order valence-corrected chi connectivity index (χ0v) is 15.2. The first-order valence-corrected chi connectivity index (χ1v) is 8.77. The topological polar surface area (TPSA) is 94.7 Å². The van der Waals surface area contributed by atoms with Crippen molar-refractivity contribution >= 4 is 52.3 Å². The van der Waals surface area contributed by atoms with Crippen LogP contribution in [0.25, 0.3) is 46.4 Å². The maximum atomic E-state index is 9.00. The number of nitrogens with one attached hydrogen (secondary N) is 2. The Kier molecular flexibility index (Phi) is 4.60. The van der Waals surface area contributed by atoms with Gasteiger partial charge in [0, 0.05) is 29.0 Å². The van der Waals surface area contributed by atoms with Crippen molar-refractivity contribution in [2.75, 3.05) is 0 Å². The summed E-state index contributed by atoms with van der Waals surface area (Å²) >= 11 is 0. The Morgan fingerprint density at radius 2 is 1.00 bits per heavy atom. The van der Waals surface area contributed by atoms with Gasteiger partial charge in [0.2, 0.25) is 0 Å². The van der Waals surface area contributed by atoms with E-state index in [2.05, 4.69) is 50.3 Å². The van der Waals surface area contributed by atoms with Crippen molar-refractivity contribution in [2.24, 2.45) is 0 Å². The minimum absolute atomic E-state index is 0.833. The molecule has 138 valence electrons. The fourth-order valence-electron chi connectivity index (χ4n) is 2.94. The van der Waals surface area contributed by atoms with Crippen molar-refractivity contribution < 1.29 is 9.90 Å². The SMILES string of the molecule is C1=Cc2cc3ccc(cc4ccc(cc5nc(cc1n2)C=C5)[nH]4)[nH]3.CC(=O)O. The van der Waals surface area contributed by atoms with E-state index >= 15 is 0 Å². The molecule has 0 saturated carbocycles. The van der Waals surface area contributed by atoms with Gasteiger partial charge in [0.15, 0.2) is 0 Å². The second-order valence-electron chi connectivity index (χ2n) is 6.42. The van der Waals surface area contributed by atoms with Crippen molar-refractivity contribution in [1.29, 1.82) is 0 Å². The van der Waals surface area contributed by atoms with Crippen LogP contribution in [0.15, 0.2) is 48.5 Å². The molecule has 3 aromatic heterocycles. The van der Waals surface area contributed by atoms with E-state index in [1.807, 2.05) is 42.5 Å². The van der Waals surface area contributed by atoms with Crippen molar-refractivity contribution in [3.63, 3.8) is 0 Å².